The number of ether oxygens (including phenoxy) is 1. The van der Waals surface area contributed by atoms with Crippen LogP contribution in [0.15, 0.2) is 0 Å². The summed E-state index contributed by atoms with van der Waals surface area (Å²) >= 11 is 0. The monoisotopic (exact) mass is 195 g/mol. The molecule has 0 saturated heterocycles. The normalized spacial score (nSPS) is 13.6. The lowest BCUT2D eigenvalue weighted by Gasteiger charge is -2.12. The van der Waals surface area contributed by atoms with E-state index in [-0.39, 0.29) is 0 Å². The van der Waals surface area contributed by atoms with Crippen LogP contribution < -0.4 is 5.32 Å². The summed E-state index contributed by atoms with van der Waals surface area (Å²) in [6.45, 7) is 2.10. The van der Waals surface area contributed by atoms with Crippen molar-refractivity contribution < 1.29 is 13.5 Å². The van der Waals surface area contributed by atoms with Crippen molar-refractivity contribution in [1.29, 1.82) is 0 Å². The molecular formula is C9H19F2NO. The molecule has 0 aliphatic rings. The zero-order chi connectivity index (χ0) is 10.1. The van der Waals surface area contributed by atoms with Crippen LogP contribution in [0.2, 0.25) is 0 Å². The van der Waals surface area contributed by atoms with Gasteiger partial charge in [0.1, 0.15) is 6.61 Å². The minimum atomic E-state index is -2.34. The summed E-state index contributed by atoms with van der Waals surface area (Å²) < 4.78 is 28.0. The Morgan fingerprint density at radius 3 is 2.54 bits per heavy atom. The molecule has 1 unspecified atom stereocenters. The molecule has 0 bridgehead atoms. The maximum absolute atomic E-state index is 11.6. The van der Waals surface area contributed by atoms with Crippen LogP contribution in [-0.2, 0) is 4.74 Å². The third-order valence-electron chi connectivity index (χ3n) is 1.99. The van der Waals surface area contributed by atoms with E-state index >= 15 is 0 Å². The standard InChI is InChI=1S/C9H19F2NO/c1-3-8(12-2)5-4-6-13-7-9(10)11/h8-9,12H,3-7H2,1-2H3. The molecule has 0 radical (unpaired) electrons. The van der Waals surface area contributed by atoms with Crippen molar-refractivity contribution in [3.63, 3.8) is 0 Å². The summed E-state index contributed by atoms with van der Waals surface area (Å²) in [5.74, 6) is 0. The van der Waals surface area contributed by atoms with Gasteiger partial charge in [-0.1, -0.05) is 6.92 Å². The first-order valence-electron chi connectivity index (χ1n) is 4.73. The van der Waals surface area contributed by atoms with E-state index in [0.717, 1.165) is 19.3 Å². The maximum Gasteiger partial charge on any atom is 0.261 e. The summed E-state index contributed by atoms with van der Waals surface area (Å²) in [5.41, 5.74) is 0. The highest BCUT2D eigenvalue weighted by Gasteiger charge is 2.04. The smallest absolute Gasteiger partial charge is 0.261 e. The molecule has 4 heteroatoms. The van der Waals surface area contributed by atoms with Gasteiger partial charge in [0, 0.05) is 12.6 Å². The van der Waals surface area contributed by atoms with E-state index in [1.54, 1.807) is 0 Å². The molecule has 0 heterocycles. The second kappa shape index (κ2) is 8.38. The molecule has 1 atom stereocenters. The number of halogens is 2. The zero-order valence-electron chi connectivity index (χ0n) is 8.35. The van der Waals surface area contributed by atoms with E-state index < -0.39 is 13.0 Å². The van der Waals surface area contributed by atoms with Crippen molar-refractivity contribution in [2.75, 3.05) is 20.3 Å². The third kappa shape index (κ3) is 8.12. The van der Waals surface area contributed by atoms with Crippen LogP contribution in [0.5, 0.6) is 0 Å². The van der Waals surface area contributed by atoms with Crippen molar-refractivity contribution in [3.8, 4) is 0 Å². The van der Waals surface area contributed by atoms with Crippen molar-refractivity contribution in [3.05, 3.63) is 0 Å². The van der Waals surface area contributed by atoms with Gasteiger partial charge in [-0.25, -0.2) is 8.78 Å². The SMILES string of the molecule is CCC(CCCOCC(F)F)NC. The molecule has 0 aliphatic heterocycles. The van der Waals surface area contributed by atoms with E-state index in [0.29, 0.717) is 12.6 Å². The van der Waals surface area contributed by atoms with Gasteiger partial charge in [0.2, 0.25) is 0 Å². The van der Waals surface area contributed by atoms with Crippen LogP contribution in [0.25, 0.3) is 0 Å². The Labute approximate surface area is 78.7 Å². The van der Waals surface area contributed by atoms with Crippen LogP contribution in [0.1, 0.15) is 26.2 Å². The van der Waals surface area contributed by atoms with Gasteiger partial charge in [-0.05, 0) is 26.3 Å². The van der Waals surface area contributed by atoms with Crippen LogP contribution in [0.4, 0.5) is 8.78 Å². The van der Waals surface area contributed by atoms with Gasteiger partial charge in [0.25, 0.3) is 6.43 Å². The second-order valence-corrected chi connectivity index (χ2v) is 3.00. The van der Waals surface area contributed by atoms with Crippen LogP contribution in [-0.4, -0.2) is 32.7 Å². The lowest BCUT2D eigenvalue weighted by atomic mass is 10.1. The Morgan fingerprint density at radius 1 is 1.38 bits per heavy atom. The van der Waals surface area contributed by atoms with Crippen molar-refractivity contribution in [1.82, 2.24) is 5.32 Å². The molecule has 13 heavy (non-hydrogen) atoms. The number of nitrogens with one attached hydrogen (secondary N) is 1. The Kier molecular flexibility index (Phi) is 8.24. The number of hydrogen-bond acceptors (Lipinski definition) is 2. The quantitative estimate of drug-likeness (QED) is 0.598. The molecule has 0 saturated carbocycles. The molecule has 0 spiro atoms. The molecule has 80 valence electrons. The fourth-order valence-corrected chi connectivity index (χ4v) is 1.16. The van der Waals surface area contributed by atoms with E-state index in [9.17, 15) is 8.78 Å². The van der Waals surface area contributed by atoms with E-state index in [2.05, 4.69) is 12.2 Å². The lowest BCUT2D eigenvalue weighted by molar-refractivity contribution is 0.0157. The number of rotatable bonds is 8. The van der Waals surface area contributed by atoms with Gasteiger partial charge in [0.15, 0.2) is 0 Å². The molecule has 0 amide bonds. The average molecular weight is 195 g/mol. The Bertz CT molecular complexity index is 108. The highest BCUT2D eigenvalue weighted by Crippen LogP contribution is 2.01. The van der Waals surface area contributed by atoms with Gasteiger partial charge in [0.05, 0.1) is 0 Å². The van der Waals surface area contributed by atoms with Crippen molar-refractivity contribution in [2.45, 2.75) is 38.7 Å². The average Bonchev–Trinajstić information content (AvgIpc) is 2.11. The van der Waals surface area contributed by atoms with Crippen LogP contribution in [0.3, 0.4) is 0 Å². The highest BCUT2D eigenvalue weighted by molar-refractivity contribution is 4.60. The molecular weight excluding hydrogens is 176 g/mol. The van der Waals surface area contributed by atoms with Gasteiger partial charge in [-0.15, -0.1) is 0 Å². The fourth-order valence-electron chi connectivity index (χ4n) is 1.16. The Morgan fingerprint density at radius 2 is 2.08 bits per heavy atom. The van der Waals surface area contributed by atoms with E-state index in [4.69, 9.17) is 4.74 Å². The first-order chi connectivity index (χ1) is 6.20. The Balaban J connectivity index is 3.14. The molecule has 2 nitrogen and oxygen atoms in total. The second-order valence-electron chi connectivity index (χ2n) is 3.00. The number of alkyl halides is 2. The highest BCUT2D eigenvalue weighted by atomic mass is 19.3. The summed E-state index contributed by atoms with van der Waals surface area (Å²) in [6.07, 6.45) is 0.541. The van der Waals surface area contributed by atoms with E-state index in [1.165, 1.54) is 0 Å². The van der Waals surface area contributed by atoms with Crippen LogP contribution >= 0.6 is 0 Å². The largest absolute Gasteiger partial charge is 0.376 e. The molecule has 0 aromatic rings. The summed E-state index contributed by atoms with van der Waals surface area (Å²) in [6, 6.07) is 0.482. The molecule has 0 rings (SSSR count). The molecule has 0 aliphatic carbocycles. The first kappa shape index (κ1) is 12.8. The third-order valence-corrected chi connectivity index (χ3v) is 1.99. The van der Waals surface area contributed by atoms with Crippen molar-refractivity contribution in [2.24, 2.45) is 0 Å². The fraction of sp³-hybridized carbons (Fsp3) is 1.00. The molecule has 0 aromatic heterocycles. The topological polar surface area (TPSA) is 21.3 Å². The van der Waals surface area contributed by atoms with Crippen LogP contribution in [0, 0.1) is 0 Å². The Hall–Kier alpha value is -0.220. The minimum Gasteiger partial charge on any atom is -0.376 e. The summed E-state index contributed by atoms with van der Waals surface area (Å²) in [5, 5.41) is 3.15. The predicted octanol–water partition coefficient (Wildman–Crippen LogP) is 2.05. The van der Waals surface area contributed by atoms with Gasteiger partial charge in [-0.3, -0.25) is 0 Å². The first-order valence-corrected chi connectivity index (χ1v) is 4.73. The van der Waals surface area contributed by atoms with Crippen molar-refractivity contribution >= 4 is 0 Å². The van der Waals surface area contributed by atoms with Gasteiger partial charge >= 0.3 is 0 Å². The summed E-state index contributed by atoms with van der Waals surface area (Å²) in [4.78, 5) is 0. The zero-order valence-corrected chi connectivity index (χ0v) is 8.35. The summed E-state index contributed by atoms with van der Waals surface area (Å²) in [7, 11) is 1.91. The lowest BCUT2D eigenvalue weighted by Crippen LogP contribution is -2.24. The molecule has 0 fully saturated rings. The van der Waals surface area contributed by atoms with E-state index in [1.807, 2.05) is 7.05 Å². The minimum absolute atomic E-state index is 0.433. The molecule has 0 aromatic carbocycles. The molecule has 1 N–H and O–H groups in total. The predicted molar refractivity (Wildman–Crippen MR) is 49.2 cm³/mol. The van der Waals surface area contributed by atoms with Gasteiger partial charge < -0.3 is 10.1 Å². The van der Waals surface area contributed by atoms with Gasteiger partial charge in [-0.2, -0.15) is 0 Å². The number of hydrogen-bond donors (Lipinski definition) is 1. The maximum atomic E-state index is 11.6.